The average molecular weight is 348 g/mol. The predicted molar refractivity (Wildman–Crippen MR) is 91.9 cm³/mol. The van der Waals surface area contributed by atoms with Crippen molar-refractivity contribution in [3.63, 3.8) is 0 Å². The lowest BCUT2D eigenvalue weighted by Crippen LogP contribution is -2.24. The molecular formula is C18H22BrNO. The molecule has 0 heterocycles. The lowest BCUT2D eigenvalue weighted by molar-refractivity contribution is 0.412. The molecule has 0 aliphatic carbocycles. The summed E-state index contributed by atoms with van der Waals surface area (Å²) in [6.45, 7) is 3.19. The Morgan fingerprint density at radius 2 is 1.90 bits per heavy atom. The fraction of sp³-hybridized carbons (Fsp3) is 0.333. The van der Waals surface area contributed by atoms with Gasteiger partial charge in [-0.25, -0.2) is 0 Å². The fourth-order valence-electron chi connectivity index (χ4n) is 2.38. The third kappa shape index (κ3) is 4.58. The summed E-state index contributed by atoms with van der Waals surface area (Å²) in [5, 5.41) is 3.64. The van der Waals surface area contributed by atoms with Crippen LogP contribution in [0.3, 0.4) is 0 Å². The van der Waals surface area contributed by atoms with Crippen LogP contribution in [-0.4, -0.2) is 13.7 Å². The van der Waals surface area contributed by atoms with Crippen LogP contribution in [0.15, 0.2) is 53.0 Å². The Balaban J connectivity index is 2.26. The lowest BCUT2D eigenvalue weighted by atomic mass is 9.98. The maximum atomic E-state index is 5.37. The van der Waals surface area contributed by atoms with Crippen molar-refractivity contribution in [1.29, 1.82) is 0 Å². The topological polar surface area (TPSA) is 21.3 Å². The molecule has 2 aromatic rings. The molecule has 0 radical (unpaired) electrons. The average Bonchev–Trinajstić information content (AvgIpc) is 2.53. The highest BCUT2D eigenvalue weighted by atomic mass is 79.9. The Morgan fingerprint density at radius 1 is 1.14 bits per heavy atom. The zero-order valence-corrected chi connectivity index (χ0v) is 14.2. The number of hydrogen-bond acceptors (Lipinski definition) is 2. The van der Waals surface area contributed by atoms with Crippen molar-refractivity contribution in [2.24, 2.45) is 0 Å². The third-order valence-electron chi connectivity index (χ3n) is 3.50. The molecule has 0 spiro atoms. The van der Waals surface area contributed by atoms with Gasteiger partial charge in [0.25, 0.3) is 0 Å². The molecule has 3 heteroatoms. The molecule has 1 atom stereocenters. The highest BCUT2D eigenvalue weighted by Gasteiger charge is 2.15. The zero-order chi connectivity index (χ0) is 15.1. The molecular weight excluding hydrogens is 326 g/mol. The maximum absolute atomic E-state index is 5.37. The minimum atomic E-state index is 0.275. The first-order chi connectivity index (χ1) is 10.2. The lowest BCUT2D eigenvalue weighted by Gasteiger charge is -2.21. The summed E-state index contributed by atoms with van der Waals surface area (Å²) in [7, 11) is 1.71. The Labute approximate surface area is 135 Å². The first-order valence-electron chi connectivity index (χ1n) is 7.35. The second kappa shape index (κ2) is 8.20. The van der Waals surface area contributed by atoms with Crippen molar-refractivity contribution in [2.75, 3.05) is 13.7 Å². The molecule has 1 unspecified atom stereocenters. The van der Waals surface area contributed by atoms with Gasteiger partial charge in [-0.15, -0.1) is 0 Å². The van der Waals surface area contributed by atoms with Crippen LogP contribution >= 0.6 is 15.9 Å². The Bertz CT molecular complexity index is 556. The molecule has 112 valence electrons. The number of halogens is 1. The van der Waals surface area contributed by atoms with E-state index in [2.05, 4.69) is 70.6 Å². The van der Waals surface area contributed by atoms with Crippen LogP contribution in [0, 0.1) is 0 Å². The Morgan fingerprint density at radius 3 is 2.57 bits per heavy atom. The van der Waals surface area contributed by atoms with E-state index >= 15 is 0 Å². The van der Waals surface area contributed by atoms with Gasteiger partial charge in [-0.05, 0) is 48.7 Å². The highest BCUT2D eigenvalue weighted by molar-refractivity contribution is 9.10. The summed E-state index contributed by atoms with van der Waals surface area (Å²) in [6, 6.07) is 17.0. The minimum Gasteiger partial charge on any atom is -0.497 e. The molecule has 0 aliphatic rings. The molecule has 0 amide bonds. The molecule has 0 aliphatic heterocycles. The number of rotatable bonds is 7. The van der Waals surface area contributed by atoms with E-state index in [1.165, 1.54) is 11.1 Å². The summed E-state index contributed by atoms with van der Waals surface area (Å²) >= 11 is 3.67. The van der Waals surface area contributed by atoms with Gasteiger partial charge in [-0.2, -0.15) is 0 Å². The van der Waals surface area contributed by atoms with Gasteiger partial charge in [0.1, 0.15) is 5.75 Å². The standard InChI is InChI=1S/C18H22BrNO/c1-3-11-20-18(12-14-7-5-4-6-8-14)16-13-15(21-2)9-10-17(16)19/h4-10,13,18,20H,3,11-12H2,1-2H3. The van der Waals surface area contributed by atoms with Crippen molar-refractivity contribution < 1.29 is 4.74 Å². The van der Waals surface area contributed by atoms with E-state index in [1.807, 2.05) is 6.07 Å². The van der Waals surface area contributed by atoms with Gasteiger partial charge in [0.15, 0.2) is 0 Å². The van der Waals surface area contributed by atoms with Crippen LogP contribution in [0.4, 0.5) is 0 Å². The molecule has 2 rings (SSSR count). The Kier molecular flexibility index (Phi) is 6.27. The first-order valence-corrected chi connectivity index (χ1v) is 8.14. The minimum absolute atomic E-state index is 0.275. The second-order valence-corrected chi connectivity index (χ2v) is 5.94. The van der Waals surface area contributed by atoms with Crippen molar-refractivity contribution in [2.45, 2.75) is 25.8 Å². The van der Waals surface area contributed by atoms with E-state index in [-0.39, 0.29) is 6.04 Å². The van der Waals surface area contributed by atoms with Crippen LogP contribution in [0.2, 0.25) is 0 Å². The van der Waals surface area contributed by atoms with Crippen LogP contribution < -0.4 is 10.1 Å². The van der Waals surface area contributed by atoms with E-state index in [1.54, 1.807) is 7.11 Å². The van der Waals surface area contributed by atoms with E-state index in [9.17, 15) is 0 Å². The fourth-order valence-corrected chi connectivity index (χ4v) is 2.90. The van der Waals surface area contributed by atoms with Crippen molar-refractivity contribution in [3.05, 3.63) is 64.1 Å². The van der Waals surface area contributed by atoms with Gasteiger partial charge in [0, 0.05) is 10.5 Å². The number of ether oxygens (including phenoxy) is 1. The predicted octanol–water partition coefficient (Wildman–Crippen LogP) is 4.74. The number of nitrogens with one attached hydrogen (secondary N) is 1. The molecule has 0 aromatic heterocycles. The van der Waals surface area contributed by atoms with Gasteiger partial charge in [-0.3, -0.25) is 0 Å². The number of hydrogen-bond donors (Lipinski definition) is 1. The monoisotopic (exact) mass is 347 g/mol. The van der Waals surface area contributed by atoms with Gasteiger partial charge >= 0.3 is 0 Å². The van der Waals surface area contributed by atoms with Crippen LogP contribution in [0.25, 0.3) is 0 Å². The van der Waals surface area contributed by atoms with E-state index < -0.39 is 0 Å². The van der Waals surface area contributed by atoms with Crippen molar-refractivity contribution in [3.8, 4) is 5.75 Å². The second-order valence-electron chi connectivity index (χ2n) is 5.08. The zero-order valence-electron chi connectivity index (χ0n) is 12.6. The molecule has 0 saturated carbocycles. The SMILES string of the molecule is CCCNC(Cc1ccccc1)c1cc(OC)ccc1Br. The smallest absolute Gasteiger partial charge is 0.119 e. The normalized spacial score (nSPS) is 12.1. The number of methoxy groups -OCH3 is 1. The summed E-state index contributed by atoms with van der Waals surface area (Å²) in [4.78, 5) is 0. The molecule has 1 N–H and O–H groups in total. The van der Waals surface area contributed by atoms with Gasteiger partial charge < -0.3 is 10.1 Å². The first kappa shape index (κ1) is 16.1. The van der Waals surface area contributed by atoms with Crippen LogP contribution in [0.1, 0.15) is 30.5 Å². The molecule has 2 nitrogen and oxygen atoms in total. The molecule has 2 aromatic carbocycles. The molecule has 21 heavy (non-hydrogen) atoms. The molecule has 0 fully saturated rings. The quantitative estimate of drug-likeness (QED) is 0.780. The van der Waals surface area contributed by atoms with Gasteiger partial charge in [-0.1, -0.05) is 53.2 Å². The largest absolute Gasteiger partial charge is 0.497 e. The van der Waals surface area contributed by atoms with Crippen LogP contribution in [0.5, 0.6) is 5.75 Å². The summed E-state index contributed by atoms with van der Waals surface area (Å²) in [5.74, 6) is 0.893. The van der Waals surface area contributed by atoms with E-state index in [4.69, 9.17) is 4.74 Å². The van der Waals surface area contributed by atoms with Crippen molar-refractivity contribution >= 4 is 15.9 Å². The molecule has 0 bridgehead atoms. The third-order valence-corrected chi connectivity index (χ3v) is 4.22. The van der Waals surface area contributed by atoms with E-state index in [0.717, 1.165) is 29.6 Å². The summed E-state index contributed by atoms with van der Waals surface area (Å²) in [5.41, 5.74) is 2.58. The van der Waals surface area contributed by atoms with Gasteiger partial charge in [0.2, 0.25) is 0 Å². The highest BCUT2D eigenvalue weighted by Crippen LogP contribution is 2.29. The van der Waals surface area contributed by atoms with Crippen LogP contribution in [-0.2, 0) is 6.42 Å². The van der Waals surface area contributed by atoms with Gasteiger partial charge in [0.05, 0.1) is 7.11 Å². The summed E-state index contributed by atoms with van der Waals surface area (Å²) in [6.07, 6.45) is 2.08. The Hall–Kier alpha value is -1.32. The maximum Gasteiger partial charge on any atom is 0.119 e. The van der Waals surface area contributed by atoms with E-state index in [0.29, 0.717) is 0 Å². The summed E-state index contributed by atoms with van der Waals surface area (Å²) < 4.78 is 6.48. The molecule has 0 saturated heterocycles. The van der Waals surface area contributed by atoms with Crippen molar-refractivity contribution in [1.82, 2.24) is 5.32 Å². The number of benzene rings is 2.